The molecular weight excluding hydrogens is 338 g/mol. The minimum absolute atomic E-state index is 0.0583. The molecule has 0 fully saturated rings. The van der Waals surface area contributed by atoms with Crippen LogP contribution in [0.15, 0.2) is 59.7 Å². The lowest BCUT2D eigenvalue weighted by molar-refractivity contribution is -0.129. The van der Waals surface area contributed by atoms with Gasteiger partial charge >= 0.3 is 0 Å². The number of benzene rings is 2. The maximum atomic E-state index is 12.7. The highest BCUT2D eigenvalue weighted by molar-refractivity contribution is 5.89. The van der Waals surface area contributed by atoms with E-state index in [2.05, 4.69) is 19.6 Å². The molecule has 1 heterocycles. The summed E-state index contributed by atoms with van der Waals surface area (Å²) in [5, 5.41) is 1.02. The van der Waals surface area contributed by atoms with Gasteiger partial charge in [-0.3, -0.25) is 4.79 Å². The van der Waals surface area contributed by atoms with Gasteiger partial charge in [-0.05, 0) is 42.7 Å². The highest BCUT2D eigenvalue weighted by atomic mass is 16.5. The second kappa shape index (κ2) is 8.12. The van der Waals surface area contributed by atoms with Gasteiger partial charge in [-0.1, -0.05) is 36.9 Å². The van der Waals surface area contributed by atoms with Crippen LogP contribution in [0.2, 0.25) is 0 Å². The van der Waals surface area contributed by atoms with Crippen molar-refractivity contribution in [2.75, 3.05) is 13.7 Å². The van der Waals surface area contributed by atoms with Crippen molar-refractivity contribution >= 4 is 16.9 Å². The molecule has 0 spiro atoms. The first-order valence-corrected chi connectivity index (χ1v) is 9.02. The minimum atomic E-state index is 0.0583. The zero-order chi connectivity index (χ0) is 19.4. The Morgan fingerprint density at radius 2 is 1.93 bits per heavy atom. The third-order valence-corrected chi connectivity index (χ3v) is 4.82. The second-order valence-corrected chi connectivity index (χ2v) is 6.82. The lowest BCUT2D eigenvalue weighted by Crippen LogP contribution is -2.27. The van der Waals surface area contributed by atoms with Gasteiger partial charge in [0.15, 0.2) is 0 Å². The minimum Gasteiger partial charge on any atom is -0.490 e. The fourth-order valence-electron chi connectivity index (χ4n) is 3.03. The Labute approximate surface area is 160 Å². The molecule has 0 atom stereocenters. The van der Waals surface area contributed by atoms with Gasteiger partial charge in [0.1, 0.15) is 17.9 Å². The average molecular weight is 363 g/mol. The van der Waals surface area contributed by atoms with Gasteiger partial charge in [0, 0.05) is 24.5 Å². The Morgan fingerprint density at radius 1 is 1.19 bits per heavy atom. The van der Waals surface area contributed by atoms with Crippen LogP contribution >= 0.6 is 0 Å². The van der Waals surface area contributed by atoms with Crippen molar-refractivity contribution in [2.45, 2.75) is 26.8 Å². The molecule has 1 aromatic heterocycles. The topological polar surface area (TPSA) is 42.7 Å². The van der Waals surface area contributed by atoms with Crippen LogP contribution in [0.4, 0.5) is 0 Å². The smallest absolute Gasteiger partial charge is 0.227 e. The van der Waals surface area contributed by atoms with Crippen LogP contribution in [0.1, 0.15) is 22.3 Å². The summed E-state index contributed by atoms with van der Waals surface area (Å²) in [6.45, 7) is 8.77. The van der Waals surface area contributed by atoms with Crippen LogP contribution in [-0.4, -0.2) is 24.5 Å². The summed E-state index contributed by atoms with van der Waals surface area (Å²) in [5.41, 5.74) is 5.17. The molecule has 0 radical (unpaired) electrons. The number of carbonyl (C=O) groups excluding carboxylic acids is 1. The average Bonchev–Trinajstić information content (AvgIpc) is 3.07. The first-order valence-electron chi connectivity index (χ1n) is 9.02. The third-order valence-electron chi connectivity index (χ3n) is 4.82. The fourth-order valence-corrected chi connectivity index (χ4v) is 3.03. The van der Waals surface area contributed by atoms with E-state index in [-0.39, 0.29) is 5.91 Å². The van der Waals surface area contributed by atoms with E-state index in [1.54, 1.807) is 17.2 Å². The quantitative estimate of drug-likeness (QED) is 0.566. The SMILES string of the molecule is C=CCOc1ccc(CN(C)C(=O)Cc2coc3c(C)c(C)ccc23)cc1. The zero-order valence-electron chi connectivity index (χ0n) is 16.1. The monoisotopic (exact) mass is 363 g/mol. The fraction of sp³-hybridized carbons (Fsp3) is 0.261. The molecule has 3 aromatic rings. The number of rotatable bonds is 7. The van der Waals surface area contributed by atoms with E-state index in [9.17, 15) is 4.79 Å². The number of fused-ring (bicyclic) bond motifs is 1. The van der Waals surface area contributed by atoms with Crippen LogP contribution in [0.5, 0.6) is 5.75 Å². The van der Waals surface area contributed by atoms with Crippen LogP contribution in [-0.2, 0) is 17.8 Å². The Kier molecular flexibility index (Phi) is 5.65. The molecule has 140 valence electrons. The van der Waals surface area contributed by atoms with Crippen molar-refractivity contribution in [3.63, 3.8) is 0 Å². The molecule has 1 amide bonds. The van der Waals surface area contributed by atoms with Crippen molar-refractivity contribution in [1.29, 1.82) is 0 Å². The number of aryl methyl sites for hydroxylation is 2. The zero-order valence-corrected chi connectivity index (χ0v) is 16.1. The van der Waals surface area contributed by atoms with E-state index in [1.165, 1.54) is 5.56 Å². The Balaban J connectivity index is 1.66. The Morgan fingerprint density at radius 3 is 2.63 bits per heavy atom. The van der Waals surface area contributed by atoms with Gasteiger partial charge in [0.05, 0.1) is 12.7 Å². The van der Waals surface area contributed by atoms with Gasteiger partial charge < -0.3 is 14.1 Å². The van der Waals surface area contributed by atoms with E-state index < -0.39 is 0 Å². The van der Waals surface area contributed by atoms with Gasteiger partial charge in [-0.2, -0.15) is 0 Å². The first kappa shape index (κ1) is 18.8. The third kappa shape index (κ3) is 4.22. The molecule has 3 rings (SSSR count). The molecule has 0 unspecified atom stereocenters. The lowest BCUT2D eigenvalue weighted by atomic mass is 10.0. The van der Waals surface area contributed by atoms with E-state index in [0.717, 1.165) is 33.4 Å². The van der Waals surface area contributed by atoms with Gasteiger partial charge in [-0.25, -0.2) is 0 Å². The summed E-state index contributed by atoms with van der Waals surface area (Å²) in [5.74, 6) is 0.853. The molecule has 0 aliphatic rings. The molecule has 0 saturated carbocycles. The second-order valence-electron chi connectivity index (χ2n) is 6.82. The van der Waals surface area contributed by atoms with Crippen molar-refractivity contribution in [3.05, 3.63) is 77.6 Å². The highest BCUT2D eigenvalue weighted by Crippen LogP contribution is 2.27. The van der Waals surface area contributed by atoms with E-state index in [1.807, 2.05) is 44.3 Å². The van der Waals surface area contributed by atoms with E-state index in [0.29, 0.717) is 19.6 Å². The van der Waals surface area contributed by atoms with Crippen LogP contribution in [0.3, 0.4) is 0 Å². The molecule has 0 aliphatic carbocycles. The predicted molar refractivity (Wildman–Crippen MR) is 108 cm³/mol. The summed E-state index contributed by atoms with van der Waals surface area (Å²) in [7, 11) is 1.82. The number of amides is 1. The largest absolute Gasteiger partial charge is 0.490 e. The molecule has 0 N–H and O–H groups in total. The van der Waals surface area contributed by atoms with E-state index in [4.69, 9.17) is 9.15 Å². The summed E-state index contributed by atoms with van der Waals surface area (Å²) < 4.78 is 11.2. The lowest BCUT2D eigenvalue weighted by Gasteiger charge is -2.17. The number of likely N-dealkylation sites (N-methyl/N-ethyl adjacent to an activating group) is 1. The predicted octanol–water partition coefficient (Wildman–Crippen LogP) is 4.82. The molecule has 0 aliphatic heterocycles. The first-order chi connectivity index (χ1) is 13.0. The van der Waals surface area contributed by atoms with Crippen LogP contribution < -0.4 is 4.74 Å². The number of ether oxygens (including phenoxy) is 1. The van der Waals surface area contributed by atoms with Crippen LogP contribution in [0, 0.1) is 13.8 Å². The molecule has 0 bridgehead atoms. The maximum absolute atomic E-state index is 12.7. The molecular formula is C23H25NO3. The number of furan rings is 1. The summed E-state index contributed by atoms with van der Waals surface area (Å²) in [6, 6.07) is 11.9. The molecule has 2 aromatic carbocycles. The molecule has 4 heteroatoms. The van der Waals surface area contributed by atoms with Crippen molar-refractivity contribution in [3.8, 4) is 5.75 Å². The number of carbonyl (C=O) groups is 1. The standard InChI is InChI=1S/C23H25NO3/c1-5-12-26-20-9-7-18(8-10-20)14-24(4)22(25)13-19-15-27-23-17(3)16(2)6-11-21(19)23/h5-11,15H,1,12-14H2,2-4H3. The summed E-state index contributed by atoms with van der Waals surface area (Å²) in [4.78, 5) is 14.4. The van der Waals surface area contributed by atoms with Crippen LogP contribution in [0.25, 0.3) is 11.0 Å². The molecule has 27 heavy (non-hydrogen) atoms. The van der Waals surface area contributed by atoms with E-state index >= 15 is 0 Å². The van der Waals surface area contributed by atoms with Crippen molar-refractivity contribution in [1.82, 2.24) is 4.90 Å². The van der Waals surface area contributed by atoms with Gasteiger partial charge in [-0.15, -0.1) is 0 Å². The number of nitrogens with zero attached hydrogens (tertiary/aromatic N) is 1. The normalized spacial score (nSPS) is 10.8. The Hall–Kier alpha value is -3.01. The number of hydrogen-bond donors (Lipinski definition) is 0. The van der Waals surface area contributed by atoms with Gasteiger partial charge in [0.2, 0.25) is 5.91 Å². The Bertz CT molecular complexity index is 954. The highest BCUT2D eigenvalue weighted by Gasteiger charge is 2.15. The van der Waals surface area contributed by atoms with Crippen molar-refractivity contribution < 1.29 is 13.9 Å². The van der Waals surface area contributed by atoms with Gasteiger partial charge in [0.25, 0.3) is 0 Å². The molecule has 4 nitrogen and oxygen atoms in total. The summed E-state index contributed by atoms with van der Waals surface area (Å²) >= 11 is 0. The maximum Gasteiger partial charge on any atom is 0.227 e. The molecule has 0 saturated heterocycles. The van der Waals surface area contributed by atoms with Crippen molar-refractivity contribution in [2.24, 2.45) is 0 Å². The summed E-state index contributed by atoms with van der Waals surface area (Å²) in [6.07, 6.45) is 3.74. The number of hydrogen-bond acceptors (Lipinski definition) is 3.